The van der Waals surface area contributed by atoms with Crippen LogP contribution in [0.5, 0.6) is 0 Å². The summed E-state index contributed by atoms with van der Waals surface area (Å²) in [6.07, 6.45) is 0. The summed E-state index contributed by atoms with van der Waals surface area (Å²) in [5, 5.41) is 4.08. The van der Waals surface area contributed by atoms with Crippen LogP contribution >= 0.6 is 11.3 Å². The standard InChI is InChI=1S/C4H9NO3S.C4H4S/c6-9(7)5-1-3-8-4-2-5;1-2-4-5-3-1/h9H,1-4H2;1-4H. The zero-order valence-electron chi connectivity index (χ0n) is 7.67. The molecule has 80 valence electrons. The molecule has 0 spiro atoms. The van der Waals surface area contributed by atoms with Gasteiger partial charge >= 0.3 is 0 Å². The van der Waals surface area contributed by atoms with Crippen LogP contribution in [0.15, 0.2) is 22.9 Å². The molecule has 1 aliphatic heterocycles. The zero-order valence-corrected chi connectivity index (χ0v) is 9.38. The van der Waals surface area contributed by atoms with Gasteiger partial charge in [0, 0.05) is 13.1 Å². The van der Waals surface area contributed by atoms with E-state index in [9.17, 15) is 8.42 Å². The van der Waals surface area contributed by atoms with Crippen LogP contribution < -0.4 is 0 Å². The predicted octanol–water partition coefficient (Wildman–Crippen LogP) is 0.593. The van der Waals surface area contributed by atoms with Crippen LogP contribution in [0.25, 0.3) is 0 Å². The Morgan fingerprint density at radius 1 is 1.14 bits per heavy atom. The minimum absolute atomic E-state index is 0.513. The molecular formula is C8H13NO3S2. The molecule has 0 unspecified atom stereocenters. The Labute approximate surface area is 89.2 Å². The third-order valence-corrected chi connectivity index (χ3v) is 3.13. The molecule has 0 N–H and O–H groups in total. The van der Waals surface area contributed by atoms with Crippen LogP contribution in [0.3, 0.4) is 0 Å². The molecule has 0 aromatic carbocycles. The van der Waals surface area contributed by atoms with E-state index in [-0.39, 0.29) is 0 Å². The summed E-state index contributed by atoms with van der Waals surface area (Å²) in [5.74, 6) is 0. The first-order valence-corrected chi connectivity index (χ1v) is 6.32. The van der Waals surface area contributed by atoms with Gasteiger partial charge < -0.3 is 4.74 Å². The van der Waals surface area contributed by atoms with Crippen molar-refractivity contribution in [3.05, 3.63) is 22.9 Å². The number of morpholine rings is 1. The summed E-state index contributed by atoms with van der Waals surface area (Å²) in [7, 11) is -2.37. The van der Waals surface area contributed by atoms with E-state index >= 15 is 0 Å². The van der Waals surface area contributed by atoms with Gasteiger partial charge in [0.15, 0.2) is 0 Å². The van der Waals surface area contributed by atoms with E-state index in [1.54, 1.807) is 11.3 Å². The van der Waals surface area contributed by atoms with Crippen LogP contribution in [-0.4, -0.2) is 39.0 Å². The molecule has 2 heterocycles. The van der Waals surface area contributed by atoms with Gasteiger partial charge in [-0.1, -0.05) is 12.1 Å². The second-order valence-electron chi connectivity index (χ2n) is 2.60. The molecule has 4 nitrogen and oxygen atoms in total. The molecular weight excluding hydrogens is 222 g/mol. The Hall–Kier alpha value is -0.430. The number of thiophene rings is 1. The molecule has 1 fully saturated rings. The van der Waals surface area contributed by atoms with Crippen molar-refractivity contribution in [1.29, 1.82) is 0 Å². The number of rotatable bonds is 1. The molecule has 0 saturated carbocycles. The van der Waals surface area contributed by atoms with E-state index in [1.165, 1.54) is 4.31 Å². The Morgan fingerprint density at radius 2 is 1.71 bits per heavy atom. The molecule has 0 bridgehead atoms. The highest BCUT2D eigenvalue weighted by Crippen LogP contribution is 1.94. The molecule has 0 radical (unpaired) electrons. The topological polar surface area (TPSA) is 46.6 Å². The SMILES string of the molecule is O=[SH](=O)N1CCOCC1.c1ccsc1. The summed E-state index contributed by atoms with van der Waals surface area (Å²) in [6.45, 7) is 2.09. The molecule has 14 heavy (non-hydrogen) atoms. The molecule has 1 aromatic rings. The van der Waals surface area contributed by atoms with Crippen molar-refractivity contribution < 1.29 is 13.2 Å². The van der Waals surface area contributed by atoms with E-state index in [1.807, 2.05) is 22.9 Å². The Balaban J connectivity index is 0.000000165. The van der Waals surface area contributed by atoms with Crippen molar-refractivity contribution in [2.24, 2.45) is 0 Å². The summed E-state index contributed by atoms with van der Waals surface area (Å²) < 4.78 is 26.9. The van der Waals surface area contributed by atoms with Crippen molar-refractivity contribution in [2.75, 3.05) is 26.3 Å². The second-order valence-corrected chi connectivity index (χ2v) is 4.45. The summed E-state index contributed by atoms with van der Waals surface area (Å²) in [5.41, 5.74) is 0. The molecule has 1 saturated heterocycles. The van der Waals surface area contributed by atoms with Crippen molar-refractivity contribution in [2.45, 2.75) is 0 Å². The quantitative estimate of drug-likeness (QED) is 0.725. The lowest BCUT2D eigenvalue weighted by molar-refractivity contribution is 0.0745. The highest BCUT2D eigenvalue weighted by atomic mass is 32.2. The Kier molecular flexibility index (Phi) is 5.77. The van der Waals surface area contributed by atoms with Crippen LogP contribution in [0, 0.1) is 0 Å². The van der Waals surface area contributed by atoms with E-state index < -0.39 is 10.9 Å². The van der Waals surface area contributed by atoms with Crippen LogP contribution in [-0.2, 0) is 15.6 Å². The summed E-state index contributed by atoms with van der Waals surface area (Å²) in [6, 6.07) is 4.04. The van der Waals surface area contributed by atoms with Crippen LogP contribution in [0.4, 0.5) is 0 Å². The maximum absolute atomic E-state index is 10.3. The van der Waals surface area contributed by atoms with Gasteiger partial charge in [0.2, 0.25) is 10.9 Å². The number of nitrogens with zero attached hydrogens (tertiary/aromatic N) is 1. The highest BCUT2D eigenvalue weighted by molar-refractivity contribution is 7.69. The molecule has 2 rings (SSSR count). The first-order valence-electron chi connectivity index (χ1n) is 4.25. The average Bonchev–Trinajstić information content (AvgIpc) is 2.77. The number of thiol groups is 1. The van der Waals surface area contributed by atoms with E-state index in [0.29, 0.717) is 26.3 Å². The summed E-state index contributed by atoms with van der Waals surface area (Å²) >= 11 is 1.71. The van der Waals surface area contributed by atoms with Gasteiger partial charge in [-0.05, 0) is 10.8 Å². The fourth-order valence-electron chi connectivity index (χ4n) is 0.944. The van der Waals surface area contributed by atoms with E-state index in [4.69, 9.17) is 4.74 Å². The molecule has 0 aliphatic carbocycles. The van der Waals surface area contributed by atoms with Crippen LogP contribution in [0.2, 0.25) is 0 Å². The maximum atomic E-state index is 10.3. The van der Waals surface area contributed by atoms with Gasteiger partial charge in [0.05, 0.1) is 13.2 Å². The molecule has 0 atom stereocenters. The lowest BCUT2D eigenvalue weighted by Crippen LogP contribution is -2.34. The van der Waals surface area contributed by atoms with Gasteiger partial charge in [-0.2, -0.15) is 15.6 Å². The average molecular weight is 235 g/mol. The monoisotopic (exact) mass is 235 g/mol. The van der Waals surface area contributed by atoms with Crippen molar-refractivity contribution in [3.63, 3.8) is 0 Å². The number of ether oxygens (including phenoxy) is 1. The predicted molar refractivity (Wildman–Crippen MR) is 57.0 cm³/mol. The lowest BCUT2D eigenvalue weighted by Gasteiger charge is -2.19. The minimum atomic E-state index is -2.37. The van der Waals surface area contributed by atoms with Crippen LogP contribution in [0.1, 0.15) is 0 Å². The smallest absolute Gasteiger partial charge is 0.204 e. The van der Waals surface area contributed by atoms with Crippen molar-refractivity contribution >= 4 is 22.2 Å². The van der Waals surface area contributed by atoms with E-state index in [0.717, 1.165) is 0 Å². The Morgan fingerprint density at radius 3 is 2.00 bits per heavy atom. The molecule has 1 aliphatic rings. The molecule has 0 amide bonds. The maximum Gasteiger partial charge on any atom is 0.204 e. The van der Waals surface area contributed by atoms with Gasteiger partial charge in [-0.25, -0.2) is 8.42 Å². The summed E-state index contributed by atoms with van der Waals surface area (Å²) in [4.78, 5) is 0. The Bertz CT molecular complexity index is 266. The zero-order chi connectivity index (χ0) is 10.2. The van der Waals surface area contributed by atoms with E-state index in [2.05, 4.69) is 0 Å². The van der Waals surface area contributed by atoms with Gasteiger partial charge in [-0.15, -0.1) is 0 Å². The molecule has 6 heteroatoms. The third-order valence-electron chi connectivity index (χ3n) is 1.64. The third kappa shape index (κ3) is 4.71. The van der Waals surface area contributed by atoms with Gasteiger partial charge in [-0.3, -0.25) is 0 Å². The number of hydrogen-bond acceptors (Lipinski definition) is 4. The first kappa shape index (κ1) is 11.6. The largest absolute Gasteiger partial charge is 0.379 e. The van der Waals surface area contributed by atoms with Gasteiger partial charge in [0.25, 0.3) is 0 Å². The molecule has 1 aromatic heterocycles. The normalized spacial score (nSPS) is 17.5. The first-order chi connectivity index (χ1) is 6.80. The van der Waals surface area contributed by atoms with Gasteiger partial charge in [0.1, 0.15) is 0 Å². The number of hydrogen-bond donors (Lipinski definition) is 1. The fourth-order valence-corrected chi connectivity index (χ4v) is 1.89. The van der Waals surface area contributed by atoms with Crippen molar-refractivity contribution in [3.8, 4) is 0 Å². The minimum Gasteiger partial charge on any atom is -0.379 e. The second kappa shape index (κ2) is 6.94. The highest BCUT2D eigenvalue weighted by Gasteiger charge is 2.10. The lowest BCUT2D eigenvalue weighted by atomic mass is 10.5. The fraction of sp³-hybridized carbons (Fsp3) is 0.500. The van der Waals surface area contributed by atoms with Crippen molar-refractivity contribution in [1.82, 2.24) is 4.31 Å².